The number of aromatic nitrogens is 1. The first kappa shape index (κ1) is 18.6. The summed E-state index contributed by atoms with van der Waals surface area (Å²) in [7, 11) is 0. The zero-order chi connectivity index (χ0) is 20.0. The molecule has 0 saturated heterocycles. The number of hydrogen-bond donors (Lipinski definition) is 1. The number of fused-ring (bicyclic) bond motifs is 2. The maximum absolute atomic E-state index is 14.0. The molecule has 6 nitrogen and oxygen atoms in total. The topological polar surface area (TPSA) is 79.7 Å². The van der Waals surface area contributed by atoms with Gasteiger partial charge in [0.25, 0.3) is 5.91 Å². The molecule has 0 bridgehead atoms. The van der Waals surface area contributed by atoms with Crippen LogP contribution in [0.4, 0.5) is 14.5 Å². The fraction of sp³-hybridized carbons (Fsp3) is 0.167. The van der Waals surface area contributed by atoms with Gasteiger partial charge >= 0.3 is 5.97 Å². The number of hydrogen-bond acceptors (Lipinski definition) is 5. The Morgan fingerprint density at radius 2 is 2.11 bits per heavy atom. The Labute approximate surface area is 165 Å². The van der Waals surface area contributed by atoms with Crippen LogP contribution >= 0.6 is 22.9 Å². The van der Waals surface area contributed by atoms with Gasteiger partial charge in [0.2, 0.25) is 0 Å². The minimum atomic E-state index is -1.21. The second kappa shape index (κ2) is 6.99. The molecule has 4 rings (SSSR count). The Morgan fingerprint density at radius 1 is 1.32 bits per heavy atom. The predicted octanol–water partition coefficient (Wildman–Crippen LogP) is 4.00. The van der Waals surface area contributed by atoms with Gasteiger partial charge in [-0.15, -0.1) is 11.3 Å². The largest absolute Gasteiger partial charge is 0.481 e. The summed E-state index contributed by atoms with van der Waals surface area (Å²) < 4.78 is 33.1. The number of carboxylic acid groups (broad SMARTS) is 1. The lowest BCUT2D eigenvalue weighted by Crippen LogP contribution is -2.46. The minimum Gasteiger partial charge on any atom is -0.481 e. The van der Waals surface area contributed by atoms with Crippen molar-refractivity contribution >= 4 is 50.7 Å². The molecule has 144 valence electrons. The van der Waals surface area contributed by atoms with E-state index in [1.807, 2.05) is 0 Å². The van der Waals surface area contributed by atoms with E-state index in [4.69, 9.17) is 21.4 Å². The number of amides is 1. The number of carbonyl (C=O) groups excluding carboxylic acids is 1. The van der Waals surface area contributed by atoms with Gasteiger partial charge in [-0.3, -0.25) is 14.5 Å². The SMILES string of the molecule is O=C(O)CC1Oc2ccc(Cl)cc2N(Cc2nc3cc(F)cc(F)c3s2)C1=O. The first-order valence-electron chi connectivity index (χ1n) is 8.05. The molecule has 1 unspecified atom stereocenters. The number of rotatable bonds is 4. The van der Waals surface area contributed by atoms with Crippen LogP contribution < -0.4 is 9.64 Å². The van der Waals surface area contributed by atoms with E-state index in [0.717, 1.165) is 23.5 Å². The van der Waals surface area contributed by atoms with Crippen molar-refractivity contribution in [1.82, 2.24) is 4.98 Å². The van der Waals surface area contributed by atoms with E-state index in [-0.39, 0.29) is 16.8 Å². The number of benzene rings is 2. The lowest BCUT2D eigenvalue weighted by Gasteiger charge is -2.33. The van der Waals surface area contributed by atoms with Crippen molar-refractivity contribution in [1.29, 1.82) is 0 Å². The summed E-state index contributed by atoms with van der Waals surface area (Å²) in [4.78, 5) is 29.4. The van der Waals surface area contributed by atoms with Gasteiger partial charge in [0.05, 0.1) is 28.9 Å². The van der Waals surface area contributed by atoms with Gasteiger partial charge in [-0.25, -0.2) is 13.8 Å². The molecule has 1 N–H and O–H groups in total. The highest BCUT2D eigenvalue weighted by Crippen LogP contribution is 2.38. The number of carbonyl (C=O) groups is 2. The highest BCUT2D eigenvalue weighted by Gasteiger charge is 2.36. The summed E-state index contributed by atoms with van der Waals surface area (Å²) in [5.41, 5.74) is 0.497. The summed E-state index contributed by atoms with van der Waals surface area (Å²) in [6.07, 6.45) is -1.73. The molecule has 0 fully saturated rings. The van der Waals surface area contributed by atoms with Crippen LogP contribution in [0.3, 0.4) is 0 Å². The Bertz CT molecular complexity index is 1120. The molecule has 0 saturated carbocycles. The maximum Gasteiger partial charge on any atom is 0.307 e. The highest BCUT2D eigenvalue weighted by molar-refractivity contribution is 7.18. The first-order valence-corrected chi connectivity index (χ1v) is 9.25. The van der Waals surface area contributed by atoms with E-state index < -0.39 is 36.0 Å². The number of nitrogens with zero attached hydrogens (tertiary/aromatic N) is 2. The quantitative estimate of drug-likeness (QED) is 0.684. The van der Waals surface area contributed by atoms with Crippen molar-refractivity contribution in [2.24, 2.45) is 0 Å². The number of carboxylic acids is 1. The molecule has 2 aromatic carbocycles. The van der Waals surface area contributed by atoms with Crippen molar-refractivity contribution in [2.45, 2.75) is 19.1 Å². The monoisotopic (exact) mass is 424 g/mol. The molecule has 3 aromatic rings. The minimum absolute atomic E-state index is 0.0634. The van der Waals surface area contributed by atoms with Crippen molar-refractivity contribution in [3.63, 3.8) is 0 Å². The standard InChI is InChI=1S/C18H11ClF2N2O4S/c19-8-1-2-13-12(3-8)23(18(26)14(27-13)6-16(24)25)7-15-22-11-5-9(20)4-10(21)17(11)28-15/h1-5,14H,6-7H2,(H,24,25). The number of aliphatic carboxylic acids is 1. The van der Waals surface area contributed by atoms with Crippen LogP contribution in [0.2, 0.25) is 5.02 Å². The van der Waals surface area contributed by atoms with Gasteiger partial charge in [-0.1, -0.05) is 11.6 Å². The smallest absolute Gasteiger partial charge is 0.307 e. The van der Waals surface area contributed by atoms with Crippen LogP contribution in [0, 0.1) is 11.6 Å². The summed E-state index contributed by atoms with van der Waals surface area (Å²) >= 11 is 7.01. The zero-order valence-corrected chi connectivity index (χ0v) is 15.6. The van der Waals surface area contributed by atoms with E-state index in [9.17, 15) is 18.4 Å². The van der Waals surface area contributed by atoms with Crippen molar-refractivity contribution in [3.8, 4) is 5.75 Å². The molecule has 0 spiro atoms. The second-order valence-electron chi connectivity index (χ2n) is 6.08. The average molecular weight is 425 g/mol. The summed E-state index contributed by atoms with van der Waals surface area (Å²) in [5, 5.41) is 9.76. The van der Waals surface area contributed by atoms with Crippen LogP contribution in [0.1, 0.15) is 11.4 Å². The third-order valence-electron chi connectivity index (χ3n) is 4.13. The van der Waals surface area contributed by atoms with E-state index in [1.165, 1.54) is 11.0 Å². The average Bonchev–Trinajstić information content (AvgIpc) is 3.01. The van der Waals surface area contributed by atoms with Gasteiger partial charge < -0.3 is 9.84 Å². The molecule has 0 radical (unpaired) electrons. The van der Waals surface area contributed by atoms with Gasteiger partial charge in [0, 0.05) is 17.2 Å². The van der Waals surface area contributed by atoms with Crippen LogP contribution in [0.25, 0.3) is 10.2 Å². The van der Waals surface area contributed by atoms with E-state index in [1.54, 1.807) is 12.1 Å². The Balaban J connectivity index is 1.74. The van der Waals surface area contributed by atoms with E-state index in [2.05, 4.69) is 4.98 Å². The van der Waals surface area contributed by atoms with Gasteiger partial charge in [-0.2, -0.15) is 0 Å². The zero-order valence-electron chi connectivity index (χ0n) is 14.0. The fourth-order valence-corrected chi connectivity index (χ4v) is 4.06. The molecule has 1 aliphatic rings. The van der Waals surface area contributed by atoms with Crippen LogP contribution in [-0.4, -0.2) is 28.1 Å². The lowest BCUT2D eigenvalue weighted by molar-refractivity contribution is -0.142. The predicted molar refractivity (Wildman–Crippen MR) is 98.8 cm³/mol. The Hall–Kier alpha value is -2.78. The number of thiazole rings is 1. The molecule has 1 amide bonds. The molecule has 0 aliphatic carbocycles. The molecule has 28 heavy (non-hydrogen) atoms. The van der Waals surface area contributed by atoms with E-state index >= 15 is 0 Å². The maximum atomic E-state index is 14.0. The normalized spacial score (nSPS) is 16.2. The molecular weight excluding hydrogens is 414 g/mol. The van der Waals surface area contributed by atoms with Crippen LogP contribution in [0.15, 0.2) is 30.3 Å². The first-order chi connectivity index (χ1) is 13.3. The van der Waals surface area contributed by atoms with Crippen LogP contribution in [-0.2, 0) is 16.1 Å². The number of anilines is 1. The second-order valence-corrected chi connectivity index (χ2v) is 7.60. The van der Waals surface area contributed by atoms with Crippen molar-refractivity contribution in [2.75, 3.05) is 4.90 Å². The highest BCUT2D eigenvalue weighted by atomic mass is 35.5. The van der Waals surface area contributed by atoms with Gasteiger partial charge in [-0.05, 0) is 18.2 Å². The molecule has 2 heterocycles. The van der Waals surface area contributed by atoms with Gasteiger partial charge in [0.15, 0.2) is 6.10 Å². The Kier molecular flexibility index (Phi) is 4.64. The van der Waals surface area contributed by atoms with Crippen molar-refractivity contribution < 1.29 is 28.2 Å². The van der Waals surface area contributed by atoms with Crippen molar-refractivity contribution in [3.05, 3.63) is 52.0 Å². The molecular formula is C18H11ClF2N2O4S. The molecule has 1 aromatic heterocycles. The third-order valence-corrected chi connectivity index (χ3v) is 5.43. The molecule has 10 heteroatoms. The summed E-state index contributed by atoms with van der Waals surface area (Å²) in [6, 6.07) is 6.49. The fourth-order valence-electron chi connectivity index (χ4n) is 2.96. The molecule has 1 atom stereocenters. The number of halogens is 3. The van der Waals surface area contributed by atoms with Crippen LogP contribution in [0.5, 0.6) is 5.75 Å². The lowest BCUT2D eigenvalue weighted by atomic mass is 10.1. The number of ether oxygens (including phenoxy) is 1. The summed E-state index contributed by atoms with van der Waals surface area (Å²) in [6.45, 7) is -0.0634. The van der Waals surface area contributed by atoms with Gasteiger partial charge in [0.1, 0.15) is 22.4 Å². The Morgan fingerprint density at radius 3 is 2.86 bits per heavy atom. The molecule has 1 aliphatic heterocycles. The summed E-state index contributed by atoms with van der Waals surface area (Å²) in [5.74, 6) is -2.95. The third kappa shape index (κ3) is 3.38. The van der Waals surface area contributed by atoms with E-state index in [0.29, 0.717) is 21.5 Å².